The highest BCUT2D eigenvalue weighted by molar-refractivity contribution is 6.32. The summed E-state index contributed by atoms with van der Waals surface area (Å²) in [5.41, 5.74) is 0.688. The Hall–Kier alpha value is -1.66. The number of likely N-dealkylation sites (N-methyl/N-ethyl adjacent to an activating group) is 1. The van der Waals surface area contributed by atoms with Crippen LogP contribution >= 0.6 is 11.6 Å². The van der Waals surface area contributed by atoms with E-state index in [2.05, 4.69) is 0 Å². The number of nitrogens with zero attached hydrogens (tertiary/aromatic N) is 3. The van der Waals surface area contributed by atoms with Gasteiger partial charge in [-0.2, -0.15) is 0 Å². The molecule has 7 heteroatoms. The Morgan fingerprint density at radius 1 is 1.42 bits per heavy atom. The van der Waals surface area contributed by atoms with Crippen LogP contribution in [0.1, 0.15) is 5.56 Å². The molecule has 0 atom stereocenters. The summed E-state index contributed by atoms with van der Waals surface area (Å²) in [5.74, 6) is 0.0645. The summed E-state index contributed by atoms with van der Waals surface area (Å²) >= 11 is 5.76. The zero-order valence-electron chi connectivity index (χ0n) is 10.5. The fourth-order valence-corrected chi connectivity index (χ4v) is 2.18. The smallest absolute Gasteiger partial charge is 0.288 e. The Labute approximate surface area is 115 Å². The molecule has 2 rings (SSSR count). The van der Waals surface area contributed by atoms with Crippen LogP contribution in [0.5, 0.6) is 0 Å². The monoisotopic (exact) mass is 283 g/mol. The lowest BCUT2D eigenvalue weighted by Crippen LogP contribution is -2.47. The van der Waals surface area contributed by atoms with Gasteiger partial charge in [0.05, 0.1) is 11.5 Å². The van der Waals surface area contributed by atoms with Gasteiger partial charge in [-0.05, 0) is 11.6 Å². The number of piperazine rings is 1. The van der Waals surface area contributed by atoms with Crippen molar-refractivity contribution < 1.29 is 9.72 Å². The largest absolute Gasteiger partial charge is 0.343 e. The summed E-state index contributed by atoms with van der Waals surface area (Å²) < 4.78 is 0. The van der Waals surface area contributed by atoms with Crippen LogP contribution in [0.3, 0.4) is 0 Å². The van der Waals surface area contributed by atoms with Gasteiger partial charge in [0.15, 0.2) is 0 Å². The molecule has 0 aliphatic carbocycles. The highest BCUT2D eigenvalue weighted by Gasteiger charge is 2.21. The van der Waals surface area contributed by atoms with Crippen molar-refractivity contribution in [2.45, 2.75) is 6.54 Å². The number of amides is 1. The van der Waals surface area contributed by atoms with Gasteiger partial charge in [-0.25, -0.2) is 0 Å². The van der Waals surface area contributed by atoms with E-state index in [1.807, 2.05) is 4.90 Å². The number of carbonyl (C=O) groups is 1. The van der Waals surface area contributed by atoms with Crippen molar-refractivity contribution in [1.82, 2.24) is 9.80 Å². The summed E-state index contributed by atoms with van der Waals surface area (Å²) in [5, 5.41) is 10.9. The maximum absolute atomic E-state index is 11.6. The Morgan fingerprint density at radius 3 is 2.79 bits per heavy atom. The molecular weight excluding hydrogens is 270 g/mol. The molecule has 6 nitrogen and oxygen atoms in total. The number of carbonyl (C=O) groups excluding carboxylic acids is 1. The fraction of sp³-hybridized carbons (Fsp3) is 0.417. The van der Waals surface area contributed by atoms with E-state index in [1.54, 1.807) is 18.0 Å². The summed E-state index contributed by atoms with van der Waals surface area (Å²) in [6.45, 7) is 2.29. The molecule has 102 valence electrons. The van der Waals surface area contributed by atoms with E-state index in [1.165, 1.54) is 12.1 Å². The number of nitro groups is 1. The van der Waals surface area contributed by atoms with Gasteiger partial charge in [0, 0.05) is 32.7 Å². The first kappa shape index (κ1) is 13.8. The van der Waals surface area contributed by atoms with Gasteiger partial charge in [0.1, 0.15) is 5.02 Å². The first-order valence-corrected chi connectivity index (χ1v) is 6.24. The normalized spacial score (nSPS) is 16.7. The maximum atomic E-state index is 11.6. The second kappa shape index (κ2) is 5.54. The van der Waals surface area contributed by atoms with Crippen LogP contribution < -0.4 is 0 Å². The van der Waals surface area contributed by atoms with E-state index in [0.717, 1.165) is 12.1 Å². The Balaban J connectivity index is 2.09. The van der Waals surface area contributed by atoms with Gasteiger partial charge in [-0.1, -0.05) is 17.7 Å². The molecule has 0 unspecified atom stereocenters. The van der Waals surface area contributed by atoms with E-state index in [4.69, 9.17) is 11.6 Å². The molecule has 0 radical (unpaired) electrons. The number of hydrogen-bond acceptors (Lipinski definition) is 4. The first-order chi connectivity index (χ1) is 8.97. The summed E-state index contributed by atoms with van der Waals surface area (Å²) in [4.78, 5) is 25.5. The van der Waals surface area contributed by atoms with Gasteiger partial charge in [-0.3, -0.25) is 19.8 Å². The van der Waals surface area contributed by atoms with Crippen LogP contribution in [0.15, 0.2) is 18.2 Å². The molecule has 1 aromatic rings. The third-order valence-electron chi connectivity index (χ3n) is 3.15. The van der Waals surface area contributed by atoms with Crippen LogP contribution in [-0.2, 0) is 11.3 Å². The highest BCUT2D eigenvalue weighted by atomic mass is 35.5. The van der Waals surface area contributed by atoms with Crippen LogP contribution in [0, 0.1) is 10.1 Å². The third-order valence-corrected chi connectivity index (χ3v) is 3.47. The van der Waals surface area contributed by atoms with Crippen LogP contribution in [0.2, 0.25) is 5.02 Å². The molecule has 1 saturated heterocycles. The molecule has 0 aromatic heterocycles. The Morgan fingerprint density at radius 2 is 2.16 bits per heavy atom. The summed E-state index contributed by atoms with van der Waals surface area (Å²) in [6, 6.07) is 4.73. The quantitative estimate of drug-likeness (QED) is 0.623. The SMILES string of the molecule is CN1CCN(Cc2ccc(Cl)c([N+](=O)[O-])c2)CC1=O. The van der Waals surface area contributed by atoms with Crippen molar-refractivity contribution in [3.63, 3.8) is 0 Å². The summed E-state index contributed by atoms with van der Waals surface area (Å²) in [7, 11) is 1.77. The van der Waals surface area contributed by atoms with E-state index in [-0.39, 0.29) is 16.6 Å². The Kier molecular flexibility index (Phi) is 4.01. The topological polar surface area (TPSA) is 66.7 Å². The molecule has 0 bridgehead atoms. The number of halogens is 1. The van der Waals surface area contributed by atoms with Gasteiger partial charge in [0.25, 0.3) is 5.69 Å². The molecule has 1 aromatic carbocycles. The van der Waals surface area contributed by atoms with E-state index in [0.29, 0.717) is 19.6 Å². The Bertz CT molecular complexity index is 521. The minimum Gasteiger partial charge on any atom is -0.343 e. The maximum Gasteiger partial charge on any atom is 0.288 e. The van der Waals surface area contributed by atoms with Gasteiger partial charge >= 0.3 is 0 Å². The zero-order chi connectivity index (χ0) is 14.0. The van der Waals surface area contributed by atoms with Gasteiger partial charge < -0.3 is 4.90 Å². The van der Waals surface area contributed by atoms with Crippen molar-refractivity contribution in [1.29, 1.82) is 0 Å². The molecule has 1 amide bonds. The average molecular weight is 284 g/mol. The number of hydrogen-bond donors (Lipinski definition) is 0. The van der Waals surface area contributed by atoms with Gasteiger partial charge in [0.2, 0.25) is 5.91 Å². The molecule has 1 fully saturated rings. The highest BCUT2D eigenvalue weighted by Crippen LogP contribution is 2.25. The van der Waals surface area contributed by atoms with Crippen molar-refractivity contribution in [2.75, 3.05) is 26.7 Å². The number of benzene rings is 1. The van der Waals surface area contributed by atoms with Crippen LogP contribution in [-0.4, -0.2) is 47.3 Å². The van der Waals surface area contributed by atoms with Crippen LogP contribution in [0.4, 0.5) is 5.69 Å². The summed E-state index contributed by atoms with van der Waals surface area (Å²) in [6.07, 6.45) is 0. The van der Waals surface area contributed by atoms with Crippen LogP contribution in [0.25, 0.3) is 0 Å². The predicted molar refractivity (Wildman–Crippen MR) is 71.0 cm³/mol. The van der Waals surface area contributed by atoms with E-state index < -0.39 is 4.92 Å². The average Bonchev–Trinajstić information content (AvgIpc) is 2.36. The molecule has 1 aliphatic rings. The van der Waals surface area contributed by atoms with Crippen molar-refractivity contribution in [3.05, 3.63) is 38.9 Å². The van der Waals surface area contributed by atoms with E-state index >= 15 is 0 Å². The van der Waals surface area contributed by atoms with Gasteiger partial charge in [-0.15, -0.1) is 0 Å². The molecule has 0 spiro atoms. The first-order valence-electron chi connectivity index (χ1n) is 5.86. The van der Waals surface area contributed by atoms with E-state index in [9.17, 15) is 14.9 Å². The second-order valence-electron chi connectivity index (χ2n) is 4.57. The minimum absolute atomic E-state index is 0.0645. The lowest BCUT2D eigenvalue weighted by molar-refractivity contribution is -0.384. The zero-order valence-corrected chi connectivity index (χ0v) is 11.3. The number of rotatable bonds is 3. The fourth-order valence-electron chi connectivity index (χ4n) is 2.00. The van der Waals surface area contributed by atoms with Crippen molar-refractivity contribution in [2.24, 2.45) is 0 Å². The minimum atomic E-state index is -0.499. The molecule has 1 heterocycles. The second-order valence-corrected chi connectivity index (χ2v) is 4.98. The molecule has 0 saturated carbocycles. The lowest BCUT2D eigenvalue weighted by Gasteiger charge is -2.31. The standard InChI is InChI=1S/C12H14ClN3O3/c1-14-4-5-15(8-12(14)17)7-9-2-3-10(13)11(6-9)16(18)19/h2-3,6H,4-5,7-8H2,1H3. The van der Waals surface area contributed by atoms with Crippen molar-refractivity contribution >= 4 is 23.2 Å². The third kappa shape index (κ3) is 3.21. The predicted octanol–water partition coefficient (Wildman–Crippen LogP) is 1.52. The number of nitro benzene ring substituents is 1. The molecular formula is C12H14ClN3O3. The molecule has 19 heavy (non-hydrogen) atoms. The molecule has 0 N–H and O–H groups in total. The molecule has 1 aliphatic heterocycles. The lowest BCUT2D eigenvalue weighted by atomic mass is 10.1. The van der Waals surface area contributed by atoms with Crippen molar-refractivity contribution in [3.8, 4) is 0 Å².